The van der Waals surface area contributed by atoms with Crippen molar-refractivity contribution < 1.29 is 14.3 Å². The number of hydrogen-bond acceptors (Lipinski definition) is 9. The van der Waals surface area contributed by atoms with Crippen LogP contribution in [0, 0.1) is 0 Å². The molecule has 0 bridgehead atoms. The van der Waals surface area contributed by atoms with Gasteiger partial charge in [0.1, 0.15) is 11.5 Å². The van der Waals surface area contributed by atoms with Crippen molar-refractivity contribution in [1.29, 1.82) is 0 Å². The number of thioether (sulfide) groups is 1. The standard InChI is InChI=1S/C19H20N6O3S/c1-27-15-8-6-13(7-9-15)11-21-22-18-23-24-19(25(18)20)29-12-17(26)14-4-3-5-16(10-14)28-2/h3-11H,12,20H2,1-2H3,(H,22,23)/b21-11+. The van der Waals surface area contributed by atoms with E-state index < -0.39 is 0 Å². The molecule has 0 aliphatic carbocycles. The third-order valence-corrected chi connectivity index (χ3v) is 4.83. The van der Waals surface area contributed by atoms with Gasteiger partial charge < -0.3 is 15.3 Å². The molecule has 10 heteroatoms. The first-order chi connectivity index (χ1) is 14.1. The molecule has 0 atom stereocenters. The SMILES string of the molecule is COc1ccc(/C=N/Nc2nnc(SCC(=O)c3cccc(OC)c3)n2N)cc1. The average Bonchev–Trinajstić information content (AvgIpc) is 3.12. The van der Waals surface area contributed by atoms with Crippen LogP contribution in [0.15, 0.2) is 58.8 Å². The minimum Gasteiger partial charge on any atom is -0.497 e. The molecule has 0 saturated carbocycles. The summed E-state index contributed by atoms with van der Waals surface area (Å²) in [4.78, 5) is 12.4. The average molecular weight is 412 g/mol. The summed E-state index contributed by atoms with van der Waals surface area (Å²) in [6.45, 7) is 0. The molecule has 0 fully saturated rings. The van der Waals surface area contributed by atoms with Gasteiger partial charge in [-0.2, -0.15) is 5.10 Å². The molecule has 3 aromatic rings. The predicted molar refractivity (Wildman–Crippen MR) is 112 cm³/mol. The first-order valence-corrected chi connectivity index (χ1v) is 9.53. The fraction of sp³-hybridized carbons (Fsp3) is 0.158. The third-order valence-electron chi connectivity index (χ3n) is 3.88. The lowest BCUT2D eigenvalue weighted by molar-refractivity contribution is 0.102. The zero-order chi connectivity index (χ0) is 20.6. The van der Waals surface area contributed by atoms with Crippen LogP contribution in [0.4, 0.5) is 5.95 Å². The molecule has 9 nitrogen and oxygen atoms in total. The molecule has 0 spiro atoms. The van der Waals surface area contributed by atoms with E-state index >= 15 is 0 Å². The number of benzene rings is 2. The van der Waals surface area contributed by atoms with Crippen molar-refractivity contribution in [2.75, 3.05) is 31.2 Å². The van der Waals surface area contributed by atoms with Crippen molar-refractivity contribution in [3.63, 3.8) is 0 Å². The lowest BCUT2D eigenvalue weighted by Crippen LogP contribution is -2.14. The molecule has 0 unspecified atom stereocenters. The van der Waals surface area contributed by atoms with E-state index in [1.165, 1.54) is 16.4 Å². The molecule has 0 radical (unpaired) electrons. The van der Waals surface area contributed by atoms with Crippen molar-refractivity contribution >= 4 is 29.7 Å². The predicted octanol–water partition coefficient (Wildman–Crippen LogP) is 2.43. The highest BCUT2D eigenvalue weighted by Gasteiger charge is 2.13. The number of rotatable bonds is 9. The summed E-state index contributed by atoms with van der Waals surface area (Å²) in [5.74, 6) is 7.73. The summed E-state index contributed by atoms with van der Waals surface area (Å²) in [5, 5.41) is 12.4. The molecule has 2 aromatic carbocycles. The molecule has 1 aromatic heterocycles. The van der Waals surface area contributed by atoms with Crippen molar-refractivity contribution in [1.82, 2.24) is 14.9 Å². The maximum Gasteiger partial charge on any atom is 0.264 e. The van der Waals surface area contributed by atoms with E-state index in [0.717, 1.165) is 11.3 Å². The maximum absolute atomic E-state index is 12.4. The molecule has 3 rings (SSSR count). The molecule has 29 heavy (non-hydrogen) atoms. The molecular weight excluding hydrogens is 392 g/mol. The summed E-state index contributed by atoms with van der Waals surface area (Å²) in [5.41, 5.74) is 4.17. The highest BCUT2D eigenvalue weighted by atomic mass is 32.2. The fourth-order valence-electron chi connectivity index (χ4n) is 2.32. The molecule has 0 saturated heterocycles. The Morgan fingerprint density at radius 3 is 2.66 bits per heavy atom. The molecule has 0 aliphatic rings. The molecule has 3 N–H and O–H groups in total. The van der Waals surface area contributed by atoms with Crippen molar-refractivity contribution in [3.05, 3.63) is 59.7 Å². The molecule has 150 valence electrons. The molecule has 0 aliphatic heterocycles. The van der Waals surface area contributed by atoms with Gasteiger partial charge in [0.05, 0.1) is 26.2 Å². The van der Waals surface area contributed by atoms with E-state index in [0.29, 0.717) is 16.5 Å². The monoisotopic (exact) mass is 412 g/mol. The number of anilines is 1. The largest absolute Gasteiger partial charge is 0.497 e. The van der Waals surface area contributed by atoms with E-state index in [1.54, 1.807) is 44.7 Å². The van der Waals surface area contributed by atoms with Crippen LogP contribution in [0.25, 0.3) is 0 Å². The Labute approximate surface area is 171 Å². The van der Waals surface area contributed by atoms with Gasteiger partial charge in [-0.15, -0.1) is 10.2 Å². The van der Waals surface area contributed by atoms with Crippen LogP contribution in [0.1, 0.15) is 15.9 Å². The fourth-order valence-corrected chi connectivity index (χ4v) is 3.07. The van der Waals surface area contributed by atoms with Crippen LogP contribution in [0.3, 0.4) is 0 Å². The number of hydrazone groups is 1. The van der Waals surface area contributed by atoms with Crippen LogP contribution in [-0.4, -0.2) is 46.8 Å². The number of nitrogens with zero attached hydrogens (tertiary/aromatic N) is 4. The van der Waals surface area contributed by atoms with Gasteiger partial charge in [0.2, 0.25) is 5.16 Å². The number of aromatic nitrogens is 3. The smallest absolute Gasteiger partial charge is 0.264 e. The van der Waals surface area contributed by atoms with Crippen LogP contribution in [0.5, 0.6) is 11.5 Å². The van der Waals surface area contributed by atoms with Crippen LogP contribution in [-0.2, 0) is 0 Å². The van der Waals surface area contributed by atoms with Gasteiger partial charge in [-0.3, -0.25) is 4.79 Å². The van der Waals surface area contributed by atoms with Crippen molar-refractivity contribution in [2.24, 2.45) is 5.10 Å². The van der Waals surface area contributed by atoms with Gasteiger partial charge >= 0.3 is 0 Å². The number of nitrogens with one attached hydrogen (secondary N) is 1. The first-order valence-electron chi connectivity index (χ1n) is 8.54. The Bertz CT molecular complexity index is 1000. The molecule has 0 amide bonds. The normalized spacial score (nSPS) is 10.8. The number of Topliss-reactive ketones (excluding diaryl/α,β-unsaturated/α-hetero) is 1. The number of hydrogen-bond donors (Lipinski definition) is 2. The summed E-state index contributed by atoms with van der Waals surface area (Å²) in [6, 6.07) is 14.4. The minimum absolute atomic E-state index is 0.0658. The summed E-state index contributed by atoms with van der Waals surface area (Å²) >= 11 is 1.19. The topological polar surface area (TPSA) is 117 Å². The van der Waals surface area contributed by atoms with E-state index in [1.807, 2.05) is 24.3 Å². The Hall–Kier alpha value is -3.53. The second kappa shape index (κ2) is 9.60. The Morgan fingerprint density at radius 1 is 1.17 bits per heavy atom. The lowest BCUT2D eigenvalue weighted by atomic mass is 10.1. The molecular formula is C19H20N6O3S. The quantitative estimate of drug-likeness (QED) is 0.181. The van der Waals surface area contributed by atoms with Gasteiger partial charge in [-0.1, -0.05) is 23.9 Å². The van der Waals surface area contributed by atoms with Crippen LogP contribution in [0.2, 0.25) is 0 Å². The van der Waals surface area contributed by atoms with Crippen molar-refractivity contribution in [3.8, 4) is 11.5 Å². The second-order valence-corrected chi connectivity index (χ2v) is 6.71. The van der Waals surface area contributed by atoms with E-state index in [2.05, 4.69) is 20.7 Å². The number of nitrogen functional groups attached to an aromatic ring is 1. The number of methoxy groups -OCH3 is 2. The Kier molecular flexibility index (Phi) is 6.69. The van der Waals surface area contributed by atoms with E-state index in [4.69, 9.17) is 15.3 Å². The summed E-state index contributed by atoms with van der Waals surface area (Å²) < 4.78 is 11.5. The van der Waals surface area contributed by atoms with Gasteiger partial charge in [-0.05, 0) is 42.0 Å². The second-order valence-electron chi connectivity index (χ2n) is 5.76. The number of carbonyl (C=O) groups excluding carboxylic acids is 1. The number of carbonyl (C=O) groups is 1. The van der Waals surface area contributed by atoms with Gasteiger partial charge in [-0.25, -0.2) is 10.1 Å². The van der Waals surface area contributed by atoms with Crippen LogP contribution < -0.4 is 20.7 Å². The number of ketones is 1. The summed E-state index contributed by atoms with van der Waals surface area (Å²) in [6.07, 6.45) is 1.62. The van der Waals surface area contributed by atoms with Gasteiger partial charge in [0, 0.05) is 5.56 Å². The zero-order valence-electron chi connectivity index (χ0n) is 15.9. The number of nitrogens with two attached hydrogens (primary N) is 1. The first kappa shape index (κ1) is 20.2. The van der Waals surface area contributed by atoms with E-state index in [9.17, 15) is 4.79 Å². The highest BCUT2D eigenvalue weighted by molar-refractivity contribution is 7.99. The minimum atomic E-state index is -0.0658. The Morgan fingerprint density at radius 2 is 1.93 bits per heavy atom. The highest BCUT2D eigenvalue weighted by Crippen LogP contribution is 2.20. The third kappa shape index (κ3) is 5.26. The van der Waals surface area contributed by atoms with E-state index in [-0.39, 0.29) is 17.5 Å². The van der Waals surface area contributed by atoms with Crippen molar-refractivity contribution in [2.45, 2.75) is 5.16 Å². The zero-order valence-corrected chi connectivity index (χ0v) is 16.7. The van der Waals surface area contributed by atoms with Crippen LogP contribution >= 0.6 is 11.8 Å². The van der Waals surface area contributed by atoms with Gasteiger partial charge in [0.25, 0.3) is 5.95 Å². The Balaban J connectivity index is 1.57. The lowest BCUT2D eigenvalue weighted by Gasteiger charge is -2.04. The maximum atomic E-state index is 12.4. The summed E-state index contributed by atoms with van der Waals surface area (Å²) in [7, 11) is 3.17. The molecule has 1 heterocycles. The van der Waals surface area contributed by atoms with Gasteiger partial charge in [0.15, 0.2) is 5.78 Å². The number of ether oxygens (including phenoxy) is 2.